The first kappa shape index (κ1) is 13.7. The zero-order valence-electron chi connectivity index (χ0n) is 10.1. The van der Waals surface area contributed by atoms with Gasteiger partial charge in [-0.25, -0.2) is 4.98 Å². The van der Waals surface area contributed by atoms with Crippen LogP contribution in [-0.4, -0.2) is 41.6 Å². The van der Waals surface area contributed by atoms with Crippen molar-refractivity contribution in [2.45, 2.75) is 19.8 Å². The molecular weight excluding hydrogens is 222 g/mol. The van der Waals surface area contributed by atoms with Crippen LogP contribution in [-0.2, 0) is 15.9 Å². The van der Waals surface area contributed by atoms with Gasteiger partial charge < -0.3 is 19.7 Å². The summed E-state index contributed by atoms with van der Waals surface area (Å²) in [4.78, 5) is 3.90. The molecule has 1 rings (SSSR count). The summed E-state index contributed by atoms with van der Waals surface area (Å²) in [5.74, 6) is -0.123. The van der Waals surface area contributed by atoms with Crippen molar-refractivity contribution in [2.75, 3.05) is 26.4 Å². The Kier molecular flexibility index (Phi) is 6.35. The fourth-order valence-corrected chi connectivity index (χ4v) is 1.40. The zero-order valence-corrected chi connectivity index (χ0v) is 10.1. The van der Waals surface area contributed by atoms with E-state index in [-0.39, 0.29) is 11.6 Å². The first-order valence-corrected chi connectivity index (χ1v) is 5.76. The first-order valence-electron chi connectivity index (χ1n) is 5.76. The molecule has 1 aromatic rings. The van der Waals surface area contributed by atoms with Gasteiger partial charge in [0.2, 0.25) is 5.88 Å². The van der Waals surface area contributed by atoms with Crippen LogP contribution < -0.4 is 0 Å². The molecule has 0 bridgehead atoms. The Morgan fingerprint density at radius 2 is 1.88 bits per heavy atom. The lowest BCUT2D eigenvalue weighted by atomic mass is 10.2. The second-order valence-electron chi connectivity index (χ2n) is 3.59. The molecular formula is C12H19NO4. The number of hydrogen-bond acceptors (Lipinski definition) is 5. The Morgan fingerprint density at radius 3 is 2.59 bits per heavy atom. The van der Waals surface area contributed by atoms with Gasteiger partial charge in [0.1, 0.15) is 5.75 Å². The second-order valence-corrected chi connectivity index (χ2v) is 3.59. The number of aromatic hydroxyl groups is 2. The molecule has 2 N–H and O–H groups in total. The van der Waals surface area contributed by atoms with E-state index in [0.29, 0.717) is 38.5 Å². The van der Waals surface area contributed by atoms with E-state index >= 15 is 0 Å². The smallest absolute Gasteiger partial charge is 0.214 e. The molecule has 0 saturated carbocycles. The van der Waals surface area contributed by atoms with Gasteiger partial charge in [-0.1, -0.05) is 0 Å². The Hall–Kier alpha value is -1.33. The van der Waals surface area contributed by atoms with Crippen LogP contribution in [0.1, 0.15) is 19.0 Å². The standard InChI is InChI=1S/C12H19NO4/c1-2-16-6-7-17-5-3-4-10-8-11(14)9-12(15)13-10/h8-9H,2-7H2,1H3,(H2,13,14,15). The molecule has 17 heavy (non-hydrogen) atoms. The highest BCUT2D eigenvalue weighted by Crippen LogP contribution is 2.17. The molecule has 0 amide bonds. The van der Waals surface area contributed by atoms with E-state index in [2.05, 4.69) is 4.98 Å². The van der Waals surface area contributed by atoms with Crippen molar-refractivity contribution in [1.82, 2.24) is 4.98 Å². The zero-order chi connectivity index (χ0) is 12.5. The topological polar surface area (TPSA) is 71.8 Å². The number of rotatable bonds is 8. The molecule has 0 saturated heterocycles. The lowest BCUT2D eigenvalue weighted by Gasteiger charge is -2.05. The van der Waals surface area contributed by atoms with E-state index in [1.807, 2.05) is 6.92 Å². The van der Waals surface area contributed by atoms with Crippen LogP contribution in [0.25, 0.3) is 0 Å². The molecule has 0 aromatic carbocycles. The van der Waals surface area contributed by atoms with E-state index in [1.54, 1.807) is 6.07 Å². The van der Waals surface area contributed by atoms with Crippen LogP contribution in [0, 0.1) is 0 Å². The van der Waals surface area contributed by atoms with Crippen molar-refractivity contribution in [3.63, 3.8) is 0 Å². The van der Waals surface area contributed by atoms with Crippen LogP contribution in [0.4, 0.5) is 0 Å². The molecule has 0 atom stereocenters. The first-order chi connectivity index (χ1) is 8.22. The number of nitrogens with zero attached hydrogens (tertiary/aromatic N) is 1. The fourth-order valence-electron chi connectivity index (χ4n) is 1.40. The Balaban J connectivity index is 2.13. The summed E-state index contributed by atoms with van der Waals surface area (Å²) in [5, 5.41) is 18.4. The van der Waals surface area contributed by atoms with Crippen molar-refractivity contribution in [3.05, 3.63) is 17.8 Å². The van der Waals surface area contributed by atoms with Crippen molar-refractivity contribution >= 4 is 0 Å². The van der Waals surface area contributed by atoms with Crippen molar-refractivity contribution < 1.29 is 19.7 Å². The third-order valence-electron chi connectivity index (χ3n) is 2.15. The third kappa shape index (κ3) is 6.09. The quantitative estimate of drug-likeness (QED) is 0.674. The van der Waals surface area contributed by atoms with E-state index in [4.69, 9.17) is 9.47 Å². The summed E-state index contributed by atoms with van der Waals surface area (Å²) in [6.45, 7) is 4.47. The minimum absolute atomic E-state index is 0.0322. The maximum absolute atomic E-state index is 9.25. The van der Waals surface area contributed by atoms with Gasteiger partial charge in [-0.3, -0.25) is 0 Å². The summed E-state index contributed by atoms with van der Waals surface area (Å²) in [6, 6.07) is 2.75. The summed E-state index contributed by atoms with van der Waals surface area (Å²) >= 11 is 0. The molecule has 0 radical (unpaired) electrons. The number of aryl methyl sites for hydroxylation is 1. The molecule has 5 heteroatoms. The van der Waals surface area contributed by atoms with Gasteiger partial charge in [-0.2, -0.15) is 0 Å². The number of hydrogen-bond donors (Lipinski definition) is 2. The van der Waals surface area contributed by atoms with Crippen LogP contribution in [0.3, 0.4) is 0 Å². The van der Waals surface area contributed by atoms with E-state index in [9.17, 15) is 10.2 Å². The van der Waals surface area contributed by atoms with E-state index in [1.165, 1.54) is 6.07 Å². The second kappa shape index (κ2) is 7.86. The van der Waals surface area contributed by atoms with Gasteiger partial charge in [0.05, 0.1) is 13.2 Å². The number of ether oxygens (including phenoxy) is 2. The predicted octanol–water partition coefficient (Wildman–Crippen LogP) is 1.48. The molecule has 5 nitrogen and oxygen atoms in total. The monoisotopic (exact) mass is 241 g/mol. The molecule has 0 aliphatic rings. The fraction of sp³-hybridized carbons (Fsp3) is 0.583. The van der Waals surface area contributed by atoms with Gasteiger partial charge in [0, 0.05) is 31.0 Å². The van der Waals surface area contributed by atoms with E-state index in [0.717, 1.165) is 6.42 Å². The van der Waals surface area contributed by atoms with Gasteiger partial charge in [0.25, 0.3) is 0 Å². The van der Waals surface area contributed by atoms with Crippen LogP contribution in [0.2, 0.25) is 0 Å². The lowest BCUT2D eigenvalue weighted by molar-refractivity contribution is 0.0519. The maximum Gasteiger partial charge on any atom is 0.214 e. The Bertz CT molecular complexity index is 310. The number of aromatic nitrogens is 1. The number of pyridine rings is 1. The van der Waals surface area contributed by atoms with Crippen LogP contribution in [0.15, 0.2) is 12.1 Å². The Labute approximate surface area is 101 Å². The summed E-state index contributed by atoms with van der Waals surface area (Å²) in [5.41, 5.74) is 0.663. The molecule has 96 valence electrons. The molecule has 1 heterocycles. The van der Waals surface area contributed by atoms with Crippen LogP contribution in [0.5, 0.6) is 11.6 Å². The average molecular weight is 241 g/mol. The molecule has 0 aliphatic heterocycles. The van der Waals surface area contributed by atoms with Crippen molar-refractivity contribution in [3.8, 4) is 11.6 Å². The minimum Gasteiger partial charge on any atom is -0.508 e. The lowest BCUT2D eigenvalue weighted by Crippen LogP contribution is -2.05. The van der Waals surface area contributed by atoms with Crippen molar-refractivity contribution in [1.29, 1.82) is 0 Å². The van der Waals surface area contributed by atoms with Gasteiger partial charge >= 0.3 is 0 Å². The van der Waals surface area contributed by atoms with Crippen molar-refractivity contribution in [2.24, 2.45) is 0 Å². The molecule has 1 aromatic heterocycles. The van der Waals surface area contributed by atoms with Crippen LogP contribution >= 0.6 is 0 Å². The average Bonchev–Trinajstić information content (AvgIpc) is 2.26. The predicted molar refractivity (Wildman–Crippen MR) is 63.2 cm³/mol. The van der Waals surface area contributed by atoms with Gasteiger partial charge in [-0.05, 0) is 19.8 Å². The summed E-state index contributed by atoms with van der Waals surface area (Å²) in [7, 11) is 0. The normalized spacial score (nSPS) is 10.6. The highest BCUT2D eigenvalue weighted by Gasteiger charge is 2.00. The summed E-state index contributed by atoms with van der Waals surface area (Å²) in [6.07, 6.45) is 1.46. The maximum atomic E-state index is 9.25. The molecule has 0 aliphatic carbocycles. The highest BCUT2D eigenvalue weighted by molar-refractivity contribution is 5.28. The highest BCUT2D eigenvalue weighted by atomic mass is 16.5. The molecule has 0 fully saturated rings. The summed E-state index contributed by atoms with van der Waals surface area (Å²) < 4.78 is 10.5. The molecule has 0 unspecified atom stereocenters. The largest absolute Gasteiger partial charge is 0.508 e. The minimum atomic E-state index is -0.155. The van der Waals surface area contributed by atoms with Gasteiger partial charge in [-0.15, -0.1) is 0 Å². The SMILES string of the molecule is CCOCCOCCCc1cc(O)cc(O)n1. The van der Waals surface area contributed by atoms with Gasteiger partial charge in [0.15, 0.2) is 0 Å². The Morgan fingerprint density at radius 1 is 1.12 bits per heavy atom. The van der Waals surface area contributed by atoms with E-state index < -0.39 is 0 Å². The molecule has 0 spiro atoms. The third-order valence-corrected chi connectivity index (χ3v) is 2.15.